The van der Waals surface area contributed by atoms with Gasteiger partial charge in [0.15, 0.2) is 22.8 Å². The first kappa shape index (κ1) is 16.8. The van der Waals surface area contributed by atoms with Crippen molar-refractivity contribution in [1.82, 2.24) is 14.6 Å². The van der Waals surface area contributed by atoms with E-state index in [1.54, 1.807) is 12.1 Å². The number of rotatable bonds is 2. The molecule has 0 unspecified atom stereocenters. The van der Waals surface area contributed by atoms with Gasteiger partial charge < -0.3 is 10.7 Å². The van der Waals surface area contributed by atoms with E-state index in [1.165, 1.54) is 0 Å². The van der Waals surface area contributed by atoms with Crippen LogP contribution in [0.15, 0.2) is 63.6 Å². The third-order valence-electron chi connectivity index (χ3n) is 3.94. The number of nitrogens with one attached hydrogen (secondary N) is 1. The molecule has 27 heavy (non-hydrogen) atoms. The van der Waals surface area contributed by atoms with E-state index >= 15 is 0 Å². The molecule has 7 nitrogen and oxygen atoms in total. The summed E-state index contributed by atoms with van der Waals surface area (Å²) in [5.41, 5.74) is 3.59. The Labute approximate surface area is 149 Å². The normalized spacial score (nSPS) is 12.4. The standard InChI is InChI=1S/C17H11F3N6O/c18-17(19,20)12-8-13(27)22-16-14(15(21)25-26(12)16)24-23-11-7-3-5-9-4-1-2-6-10(9)11/h1-8H,(H2,21,25)(H,22,27). The predicted molar refractivity (Wildman–Crippen MR) is 93.4 cm³/mol. The minimum atomic E-state index is -4.78. The molecule has 3 N–H and O–H groups in total. The van der Waals surface area contributed by atoms with E-state index in [0.29, 0.717) is 16.3 Å². The van der Waals surface area contributed by atoms with Gasteiger partial charge in [0.2, 0.25) is 0 Å². The molecular weight excluding hydrogens is 361 g/mol. The highest BCUT2D eigenvalue weighted by atomic mass is 19.4. The predicted octanol–water partition coefficient (Wildman–Crippen LogP) is 4.19. The van der Waals surface area contributed by atoms with Gasteiger partial charge in [0.1, 0.15) is 0 Å². The van der Waals surface area contributed by atoms with Crippen molar-refractivity contribution in [3.63, 3.8) is 0 Å². The van der Waals surface area contributed by atoms with E-state index in [2.05, 4.69) is 20.3 Å². The maximum absolute atomic E-state index is 13.2. The van der Waals surface area contributed by atoms with Crippen molar-refractivity contribution in [2.24, 2.45) is 10.2 Å². The lowest BCUT2D eigenvalue weighted by molar-refractivity contribution is -0.142. The van der Waals surface area contributed by atoms with Crippen LogP contribution in [0.4, 0.5) is 30.4 Å². The Morgan fingerprint density at radius 1 is 1.07 bits per heavy atom. The molecule has 4 rings (SSSR count). The number of hydrogen-bond donors (Lipinski definition) is 2. The van der Waals surface area contributed by atoms with Crippen molar-refractivity contribution < 1.29 is 13.2 Å². The summed E-state index contributed by atoms with van der Waals surface area (Å²) in [7, 11) is 0. The molecule has 0 aliphatic carbocycles. The number of nitrogen functional groups attached to an aromatic ring is 1. The van der Waals surface area contributed by atoms with Crippen molar-refractivity contribution in [2.45, 2.75) is 6.18 Å². The van der Waals surface area contributed by atoms with E-state index in [1.807, 2.05) is 30.3 Å². The highest BCUT2D eigenvalue weighted by Gasteiger charge is 2.35. The number of alkyl halides is 3. The molecule has 0 amide bonds. The second-order valence-corrected chi connectivity index (χ2v) is 5.71. The number of aromatic amines is 1. The topological polar surface area (TPSA) is 101 Å². The van der Waals surface area contributed by atoms with Gasteiger partial charge in [0, 0.05) is 11.5 Å². The molecule has 4 aromatic rings. The number of anilines is 1. The number of hydrogen-bond acceptors (Lipinski definition) is 5. The van der Waals surface area contributed by atoms with Crippen LogP contribution < -0.4 is 11.3 Å². The van der Waals surface area contributed by atoms with Crippen LogP contribution in [-0.2, 0) is 6.18 Å². The Morgan fingerprint density at radius 2 is 1.81 bits per heavy atom. The summed E-state index contributed by atoms with van der Waals surface area (Å²) < 4.78 is 40.0. The fourth-order valence-electron chi connectivity index (χ4n) is 2.75. The fourth-order valence-corrected chi connectivity index (χ4v) is 2.75. The van der Waals surface area contributed by atoms with Crippen LogP contribution in [-0.4, -0.2) is 14.6 Å². The molecule has 2 aromatic carbocycles. The number of azo groups is 1. The number of nitrogens with two attached hydrogens (primary N) is 1. The summed E-state index contributed by atoms with van der Waals surface area (Å²) >= 11 is 0. The molecule has 0 aliphatic heterocycles. The first-order valence-corrected chi connectivity index (χ1v) is 7.73. The van der Waals surface area contributed by atoms with Gasteiger partial charge in [0.05, 0.1) is 5.69 Å². The van der Waals surface area contributed by atoms with Crippen LogP contribution in [0.2, 0.25) is 0 Å². The maximum Gasteiger partial charge on any atom is 0.433 e. The second kappa shape index (κ2) is 5.94. The first-order chi connectivity index (χ1) is 12.8. The Balaban J connectivity index is 1.90. The number of H-pyrrole nitrogens is 1. The SMILES string of the molecule is Nc1nn2c(C(F)(F)F)cc(=O)[nH]c2c1N=Nc1cccc2ccccc12. The zero-order chi connectivity index (χ0) is 19.2. The number of benzene rings is 2. The monoisotopic (exact) mass is 372 g/mol. The number of aromatic nitrogens is 3. The van der Waals surface area contributed by atoms with Gasteiger partial charge in [-0.2, -0.15) is 13.2 Å². The van der Waals surface area contributed by atoms with E-state index in [4.69, 9.17) is 5.73 Å². The Bertz CT molecular complexity index is 1250. The summed E-state index contributed by atoms with van der Waals surface area (Å²) in [5.74, 6) is -0.286. The van der Waals surface area contributed by atoms with E-state index in [0.717, 1.165) is 10.8 Å². The van der Waals surface area contributed by atoms with Gasteiger partial charge in [-0.25, -0.2) is 4.52 Å². The Morgan fingerprint density at radius 3 is 2.59 bits per heavy atom. The summed E-state index contributed by atoms with van der Waals surface area (Å²) in [6.07, 6.45) is -4.78. The molecule has 10 heteroatoms. The lowest BCUT2D eigenvalue weighted by Crippen LogP contribution is -2.19. The van der Waals surface area contributed by atoms with Crippen LogP contribution in [0.5, 0.6) is 0 Å². The highest BCUT2D eigenvalue weighted by Crippen LogP contribution is 2.34. The van der Waals surface area contributed by atoms with Crippen LogP contribution >= 0.6 is 0 Å². The van der Waals surface area contributed by atoms with E-state index in [-0.39, 0.29) is 17.2 Å². The molecule has 136 valence electrons. The Kier molecular flexibility index (Phi) is 3.69. The summed E-state index contributed by atoms with van der Waals surface area (Å²) in [6, 6.07) is 13.2. The Hall–Kier alpha value is -3.69. The lowest BCUT2D eigenvalue weighted by atomic mass is 10.1. The molecule has 0 atom stereocenters. The molecule has 0 radical (unpaired) electrons. The number of halogens is 3. The zero-order valence-electron chi connectivity index (χ0n) is 13.5. The zero-order valence-corrected chi connectivity index (χ0v) is 13.5. The molecule has 0 bridgehead atoms. The van der Waals surface area contributed by atoms with Crippen LogP contribution in [0, 0.1) is 0 Å². The van der Waals surface area contributed by atoms with E-state index < -0.39 is 17.4 Å². The number of fused-ring (bicyclic) bond motifs is 2. The molecular formula is C17H11F3N6O. The highest BCUT2D eigenvalue weighted by molar-refractivity contribution is 5.92. The summed E-state index contributed by atoms with van der Waals surface area (Å²) in [6.45, 7) is 0. The summed E-state index contributed by atoms with van der Waals surface area (Å²) in [5, 5.41) is 13.4. The molecule has 2 heterocycles. The van der Waals surface area contributed by atoms with Gasteiger partial charge in [-0.3, -0.25) is 4.79 Å². The van der Waals surface area contributed by atoms with Crippen molar-refractivity contribution >= 4 is 33.6 Å². The maximum atomic E-state index is 13.2. The third-order valence-corrected chi connectivity index (χ3v) is 3.94. The van der Waals surface area contributed by atoms with Crippen LogP contribution in [0.25, 0.3) is 16.4 Å². The second-order valence-electron chi connectivity index (χ2n) is 5.71. The number of nitrogens with zero attached hydrogens (tertiary/aromatic N) is 4. The average molecular weight is 372 g/mol. The molecule has 0 saturated carbocycles. The molecule has 2 aromatic heterocycles. The van der Waals surface area contributed by atoms with Crippen LogP contribution in [0.3, 0.4) is 0 Å². The average Bonchev–Trinajstić information content (AvgIpc) is 2.93. The van der Waals surface area contributed by atoms with Gasteiger partial charge in [-0.15, -0.1) is 15.3 Å². The third kappa shape index (κ3) is 2.90. The molecule has 0 spiro atoms. The fraction of sp³-hybridized carbons (Fsp3) is 0.0588. The van der Waals surface area contributed by atoms with Crippen molar-refractivity contribution in [2.75, 3.05) is 5.73 Å². The summed E-state index contributed by atoms with van der Waals surface area (Å²) in [4.78, 5) is 13.9. The van der Waals surface area contributed by atoms with Crippen molar-refractivity contribution in [1.29, 1.82) is 0 Å². The first-order valence-electron chi connectivity index (χ1n) is 7.73. The van der Waals surface area contributed by atoms with Gasteiger partial charge >= 0.3 is 6.18 Å². The smallest absolute Gasteiger partial charge is 0.380 e. The lowest BCUT2D eigenvalue weighted by Gasteiger charge is -2.07. The molecule has 0 fully saturated rings. The minimum absolute atomic E-state index is 0.147. The minimum Gasteiger partial charge on any atom is -0.380 e. The van der Waals surface area contributed by atoms with Crippen molar-refractivity contribution in [3.05, 3.63) is 64.6 Å². The van der Waals surface area contributed by atoms with Crippen LogP contribution in [0.1, 0.15) is 5.69 Å². The van der Waals surface area contributed by atoms with Gasteiger partial charge in [-0.05, 0) is 11.5 Å². The van der Waals surface area contributed by atoms with Gasteiger partial charge in [0.25, 0.3) is 5.56 Å². The largest absolute Gasteiger partial charge is 0.433 e. The van der Waals surface area contributed by atoms with Gasteiger partial charge in [-0.1, -0.05) is 36.4 Å². The van der Waals surface area contributed by atoms with E-state index in [9.17, 15) is 18.0 Å². The van der Waals surface area contributed by atoms with Crippen molar-refractivity contribution in [3.8, 4) is 0 Å². The quantitative estimate of drug-likeness (QED) is 0.516. The molecule has 0 aliphatic rings. The molecule has 0 saturated heterocycles.